The van der Waals surface area contributed by atoms with E-state index in [0.717, 1.165) is 6.42 Å². The van der Waals surface area contributed by atoms with Crippen molar-refractivity contribution in [1.29, 1.82) is 0 Å². The molecule has 1 aromatic heterocycles. The molecule has 0 bridgehead atoms. The van der Waals surface area contributed by atoms with Crippen LogP contribution in [0.2, 0.25) is 0 Å². The lowest BCUT2D eigenvalue weighted by Gasteiger charge is -2.03. The van der Waals surface area contributed by atoms with Crippen molar-refractivity contribution in [2.45, 2.75) is 6.42 Å². The van der Waals surface area contributed by atoms with Crippen LogP contribution in [0.3, 0.4) is 0 Å². The molecule has 0 saturated carbocycles. The number of anilines is 1. The van der Waals surface area contributed by atoms with Crippen molar-refractivity contribution in [2.75, 3.05) is 17.7 Å². The van der Waals surface area contributed by atoms with E-state index < -0.39 is 0 Å². The first-order chi connectivity index (χ1) is 6.72. The van der Waals surface area contributed by atoms with E-state index in [1.165, 1.54) is 0 Å². The molecular weight excluding hydrogens is 271 g/mol. The molecule has 2 amide bonds. The third-order valence-electron chi connectivity index (χ3n) is 1.41. The predicted molar refractivity (Wildman–Crippen MR) is 58.8 cm³/mol. The van der Waals surface area contributed by atoms with Gasteiger partial charge in [0.15, 0.2) is 4.67 Å². The SMILES string of the molecule is O=C(NCCCCl)Nc1ccc(Br)o1. The summed E-state index contributed by atoms with van der Waals surface area (Å²) in [6, 6.07) is 3.07. The Morgan fingerprint density at radius 2 is 2.36 bits per heavy atom. The Balaban J connectivity index is 2.27. The maximum absolute atomic E-state index is 11.2. The lowest BCUT2D eigenvalue weighted by Crippen LogP contribution is -2.29. The van der Waals surface area contributed by atoms with Gasteiger partial charge in [-0.2, -0.15) is 0 Å². The number of carbonyl (C=O) groups excluding carboxylic acids is 1. The smallest absolute Gasteiger partial charge is 0.321 e. The summed E-state index contributed by atoms with van der Waals surface area (Å²) < 4.78 is 5.66. The summed E-state index contributed by atoms with van der Waals surface area (Å²) in [5.41, 5.74) is 0. The van der Waals surface area contributed by atoms with Crippen LogP contribution in [-0.2, 0) is 0 Å². The Kier molecular flexibility index (Phi) is 4.82. The van der Waals surface area contributed by atoms with Crippen LogP contribution < -0.4 is 10.6 Å². The van der Waals surface area contributed by atoms with Crippen LogP contribution in [0.1, 0.15) is 6.42 Å². The van der Waals surface area contributed by atoms with Gasteiger partial charge in [0.1, 0.15) is 0 Å². The van der Waals surface area contributed by atoms with Crippen molar-refractivity contribution in [1.82, 2.24) is 5.32 Å². The minimum absolute atomic E-state index is 0.294. The maximum Gasteiger partial charge on any atom is 0.321 e. The molecule has 0 spiro atoms. The number of alkyl halides is 1. The average molecular weight is 282 g/mol. The number of urea groups is 1. The highest BCUT2D eigenvalue weighted by molar-refractivity contribution is 9.10. The topological polar surface area (TPSA) is 54.3 Å². The van der Waals surface area contributed by atoms with E-state index in [1.54, 1.807) is 12.1 Å². The van der Waals surface area contributed by atoms with E-state index in [-0.39, 0.29) is 6.03 Å². The highest BCUT2D eigenvalue weighted by Gasteiger charge is 2.03. The van der Waals surface area contributed by atoms with E-state index in [0.29, 0.717) is 23.0 Å². The second-order valence-electron chi connectivity index (χ2n) is 2.53. The molecule has 0 saturated heterocycles. The number of rotatable bonds is 4. The first kappa shape index (κ1) is 11.4. The van der Waals surface area contributed by atoms with Crippen molar-refractivity contribution in [3.63, 3.8) is 0 Å². The Bertz CT molecular complexity index is 303. The fourth-order valence-corrected chi connectivity index (χ4v) is 1.25. The van der Waals surface area contributed by atoms with E-state index in [4.69, 9.17) is 16.0 Å². The molecule has 6 heteroatoms. The van der Waals surface area contributed by atoms with Crippen LogP contribution in [0, 0.1) is 0 Å². The number of nitrogens with one attached hydrogen (secondary N) is 2. The summed E-state index contributed by atoms with van der Waals surface area (Å²) in [7, 11) is 0. The summed E-state index contributed by atoms with van der Waals surface area (Å²) in [5.74, 6) is 0.937. The molecule has 0 aromatic carbocycles. The molecule has 4 nitrogen and oxygen atoms in total. The molecule has 0 unspecified atom stereocenters. The van der Waals surface area contributed by atoms with Gasteiger partial charge in [0, 0.05) is 18.5 Å². The second kappa shape index (κ2) is 5.93. The first-order valence-corrected chi connectivity index (χ1v) is 5.41. The Labute approximate surface area is 95.1 Å². The van der Waals surface area contributed by atoms with Crippen molar-refractivity contribution in [3.8, 4) is 0 Å². The van der Waals surface area contributed by atoms with Crippen molar-refractivity contribution in [2.24, 2.45) is 0 Å². The number of halogens is 2. The van der Waals surface area contributed by atoms with Crippen molar-refractivity contribution in [3.05, 3.63) is 16.8 Å². The summed E-state index contributed by atoms with van der Waals surface area (Å²) >= 11 is 8.58. The average Bonchev–Trinajstić information content (AvgIpc) is 2.52. The summed E-state index contributed by atoms with van der Waals surface area (Å²) in [6.45, 7) is 0.553. The summed E-state index contributed by atoms with van der Waals surface area (Å²) in [4.78, 5) is 11.2. The number of carbonyl (C=O) groups is 1. The number of hydrogen-bond donors (Lipinski definition) is 2. The Morgan fingerprint density at radius 3 is 2.93 bits per heavy atom. The molecule has 0 fully saturated rings. The third kappa shape index (κ3) is 4.02. The molecule has 0 aliphatic heterocycles. The molecule has 0 radical (unpaired) electrons. The van der Waals surface area contributed by atoms with Gasteiger partial charge in [-0.25, -0.2) is 4.79 Å². The van der Waals surface area contributed by atoms with Gasteiger partial charge in [-0.05, 0) is 28.4 Å². The zero-order valence-corrected chi connectivity index (χ0v) is 9.69. The summed E-state index contributed by atoms with van der Waals surface area (Å²) in [5, 5.41) is 5.16. The minimum atomic E-state index is -0.294. The van der Waals surface area contributed by atoms with Crippen LogP contribution in [0.5, 0.6) is 0 Å². The highest BCUT2D eigenvalue weighted by Crippen LogP contribution is 2.17. The zero-order chi connectivity index (χ0) is 10.4. The van der Waals surface area contributed by atoms with E-state index >= 15 is 0 Å². The molecule has 1 rings (SSSR count). The maximum atomic E-state index is 11.2. The highest BCUT2D eigenvalue weighted by atomic mass is 79.9. The minimum Gasteiger partial charge on any atom is -0.434 e. The number of amides is 2. The molecule has 2 N–H and O–H groups in total. The molecule has 14 heavy (non-hydrogen) atoms. The molecule has 0 aliphatic rings. The monoisotopic (exact) mass is 280 g/mol. The van der Waals surface area contributed by atoms with Crippen LogP contribution in [0.15, 0.2) is 21.2 Å². The second-order valence-corrected chi connectivity index (χ2v) is 3.69. The summed E-state index contributed by atoms with van der Waals surface area (Å²) in [6.07, 6.45) is 0.747. The molecule has 1 heterocycles. The standard InChI is InChI=1S/C8H10BrClN2O2/c9-6-2-3-7(14-6)12-8(13)11-5-1-4-10/h2-3H,1,4-5H2,(H2,11,12,13). The van der Waals surface area contributed by atoms with Gasteiger partial charge in [0.25, 0.3) is 0 Å². The van der Waals surface area contributed by atoms with Gasteiger partial charge < -0.3 is 9.73 Å². The zero-order valence-electron chi connectivity index (χ0n) is 7.35. The van der Waals surface area contributed by atoms with Crippen LogP contribution in [0.4, 0.5) is 10.7 Å². The molecule has 1 aromatic rings. The van der Waals surface area contributed by atoms with Gasteiger partial charge in [-0.1, -0.05) is 0 Å². The number of furan rings is 1. The van der Waals surface area contributed by atoms with Crippen molar-refractivity contribution >= 4 is 39.4 Å². The van der Waals surface area contributed by atoms with Crippen LogP contribution >= 0.6 is 27.5 Å². The number of hydrogen-bond acceptors (Lipinski definition) is 2. The van der Waals surface area contributed by atoms with Gasteiger partial charge in [0.05, 0.1) is 0 Å². The fourth-order valence-electron chi connectivity index (χ4n) is 0.806. The molecule has 0 aliphatic carbocycles. The van der Waals surface area contributed by atoms with Crippen LogP contribution in [-0.4, -0.2) is 18.5 Å². The van der Waals surface area contributed by atoms with Crippen LogP contribution in [0.25, 0.3) is 0 Å². The Morgan fingerprint density at radius 1 is 1.57 bits per heavy atom. The normalized spacial score (nSPS) is 9.86. The first-order valence-electron chi connectivity index (χ1n) is 4.08. The van der Waals surface area contributed by atoms with E-state index in [2.05, 4.69) is 26.6 Å². The van der Waals surface area contributed by atoms with E-state index in [1.807, 2.05) is 0 Å². The lowest BCUT2D eigenvalue weighted by molar-refractivity contribution is 0.251. The van der Waals surface area contributed by atoms with Crippen molar-refractivity contribution < 1.29 is 9.21 Å². The van der Waals surface area contributed by atoms with E-state index in [9.17, 15) is 4.79 Å². The van der Waals surface area contributed by atoms with Gasteiger partial charge >= 0.3 is 6.03 Å². The van der Waals surface area contributed by atoms with Gasteiger partial charge in [-0.3, -0.25) is 5.32 Å². The molecule has 0 atom stereocenters. The lowest BCUT2D eigenvalue weighted by atomic mass is 10.5. The third-order valence-corrected chi connectivity index (χ3v) is 2.10. The molecular formula is C8H10BrClN2O2. The predicted octanol–water partition coefficient (Wildman–Crippen LogP) is 2.79. The Hall–Kier alpha value is -0.680. The largest absolute Gasteiger partial charge is 0.434 e. The van der Waals surface area contributed by atoms with Gasteiger partial charge in [0.2, 0.25) is 5.88 Å². The van der Waals surface area contributed by atoms with Gasteiger partial charge in [-0.15, -0.1) is 11.6 Å². The molecule has 78 valence electrons. The quantitative estimate of drug-likeness (QED) is 0.658. The fraction of sp³-hybridized carbons (Fsp3) is 0.375.